The van der Waals surface area contributed by atoms with E-state index in [4.69, 9.17) is 4.74 Å². The normalized spacial score (nSPS) is 24.1. The molecule has 0 aromatic rings. The van der Waals surface area contributed by atoms with Crippen LogP contribution in [0, 0.1) is 5.92 Å². The van der Waals surface area contributed by atoms with Gasteiger partial charge in [0.1, 0.15) is 5.78 Å². The molecule has 2 heterocycles. The standard InChI is InChI=1S/C14H26N2O2/c1-14(2,16-7-5-15-6-8-16)11-13(17)12-3-9-18-10-4-12/h12,15H,3-11H2,1-2H3. The number of hydrogen-bond donors (Lipinski definition) is 1. The van der Waals surface area contributed by atoms with Gasteiger partial charge in [-0.3, -0.25) is 9.69 Å². The topological polar surface area (TPSA) is 41.6 Å². The Morgan fingerprint density at radius 2 is 1.89 bits per heavy atom. The second-order valence-corrected chi connectivity index (χ2v) is 6.08. The zero-order valence-electron chi connectivity index (χ0n) is 11.7. The third kappa shape index (κ3) is 3.53. The summed E-state index contributed by atoms with van der Waals surface area (Å²) in [6.45, 7) is 10.1. The van der Waals surface area contributed by atoms with Crippen LogP contribution in [0.15, 0.2) is 0 Å². The molecule has 0 aliphatic carbocycles. The summed E-state index contributed by atoms with van der Waals surface area (Å²) >= 11 is 0. The summed E-state index contributed by atoms with van der Waals surface area (Å²) < 4.78 is 5.33. The quantitative estimate of drug-likeness (QED) is 0.814. The van der Waals surface area contributed by atoms with Gasteiger partial charge in [-0.2, -0.15) is 0 Å². The van der Waals surface area contributed by atoms with Crippen LogP contribution in [0.3, 0.4) is 0 Å². The molecule has 2 rings (SSSR count). The van der Waals surface area contributed by atoms with Crippen molar-refractivity contribution in [1.29, 1.82) is 0 Å². The minimum Gasteiger partial charge on any atom is -0.381 e. The molecule has 0 aromatic heterocycles. The fourth-order valence-corrected chi connectivity index (χ4v) is 2.97. The molecule has 0 radical (unpaired) electrons. The van der Waals surface area contributed by atoms with Gasteiger partial charge < -0.3 is 10.1 Å². The molecule has 0 unspecified atom stereocenters. The van der Waals surface area contributed by atoms with E-state index < -0.39 is 0 Å². The van der Waals surface area contributed by atoms with Gasteiger partial charge in [0.15, 0.2) is 0 Å². The minimum atomic E-state index is -0.00249. The number of carbonyl (C=O) groups is 1. The van der Waals surface area contributed by atoms with Crippen molar-refractivity contribution >= 4 is 5.78 Å². The first-order valence-electron chi connectivity index (χ1n) is 7.16. The molecule has 0 spiro atoms. The summed E-state index contributed by atoms with van der Waals surface area (Å²) in [4.78, 5) is 14.8. The largest absolute Gasteiger partial charge is 0.381 e. The lowest BCUT2D eigenvalue weighted by Gasteiger charge is -2.41. The second-order valence-electron chi connectivity index (χ2n) is 6.08. The summed E-state index contributed by atoms with van der Waals surface area (Å²) in [6.07, 6.45) is 2.50. The lowest BCUT2D eigenvalue weighted by molar-refractivity contribution is -0.128. The lowest BCUT2D eigenvalue weighted by atomic mass is 9.86. The molecular formula is C14H26N2O2. The average Bonchev–Trinajstić information content (AvgIpc) is 2.40. The van der Waals surface area contributed by atoms with Crippen molar-refractivity contribution in [1.82, 2.24) is 10.2 Å². The Morgan fingerprint density at radius 1 is 1.28 bits per heavy atom. The van der Waals surface area contributed by atoms with Crippen LogP contribution in [0.1, 0.15) is 33.1 Å². The first-order valence-corrected chi connectivity index (χ1v) is 7.16. The monoisotopic (exact) mass is 254 g/mol. The number of nitrogens with zero attached hydrogens (tertiary/aromatic N) is 1. The lowest BCUT2D eigenvalue weighted by Crippen LogP contribution is -2.54. The third-order valence-corrected chi connectivity index (χ3v) is 4.26. The number of rotatable bonds is 4. The smallest absolute Gasteiger partial charge is 0.137 e. The third-order valence-electron chi connectivity index (χ3n) is 4.26. The Hall–Kier alpha value is -0.450. The highest BCUT2D eigenvalue weighted by molar-refractivity contribution is 5.82. The zero-order valence-corrected chi connectivity index (χ0v) is 11.7. The van der Waals surface area contributed by atoms with Crippen LogP contribution >= 0.6 is 0 Å². The molecule has 0 saturated carbocycles. The van der Waals surface area contributed by atoms with Crippen molar-refractivity contribution in [2.24, 2.45) is 5.92 Å². The molecule has 0 bridgehead atoms. The van der Waals surface area contributed by atoms with E-state index in [1.54, 1.807) is 0 Å². The maximum Gasteiger partial charge on any atom is 0.137 e. The Balaban J connectivity index is 1.87. The van der Waals surface area contributed by atoms with Gasteiger partial charge >= 0.3 is 0 Å². The van der Waals surface area contributed by atoms with Gasteiger partial charge in [-0.1, -0.05) is 0 Å². The first-order chi connectivity index (χ1) is 8.59. The van der Waals surface area contributed by atoms with E-state index in [1.807, 2.05) is 0 Å². The van der Waals surface area contributed by atoms with E-state index in [0.717, 1.165) is 52.2 Å². The molecule has 1 N–H and O–H groups in total. The van der Waals surface area contributed by atoms with Crippen LogP contribution in [0.2, 0.25) is 0 Å². The molecule has 104 valence electrons. The van der Waals surface area contributed by atoms with E-state index in [0.29, 0.717) is 12.2 Å². The fraction of sp³-hybridized carbons (Fsp3) is 0.929. The molecule has 4 nitrogen and oxygen atoms in total. The highest BCUT2D eigenvalue weighted by Gasteiger charge is 2.33. The highest BCUT2D eigenvalue weighted by Crippen LogP contribution is 2.25. The molecule has 18 heavy (non-hydrogen) atoms. The SMILES string of the molecule is CC(C)(CC(=O)C1CCOCC1)N1CCNCC1. The molecule has 0 atom stereocenters. The Morgan fingerprint density at radius 3 is 2.50 bits per heavy atom. The zero-order chi connectivity index (χ0) is 13.0. The second kappa shape index (κ2) is 6.13. The van der Waals surface area contributed by atoms with Gasteiger partial charge in [-0.05, 0) is 26.7 Å². The van der Waals surface area contributed by atoms with Crippen LogP contribution in [-0.4, -0.2) is 55.6 Å². The maximum atomic E-state index is 12.4. The maximum absolute atomic E-state index is 12.4. The average molecular weight is 254 g/mol. The van der Waals surface area contributed by atoms with Crippen molar-refractivity contribution in [2.45, 2.75) is 38.6 Å². The summed E-state index contributed by atoms with van der Waals surface area (Å²) in [5.41, 5.74) is -0.00249. The number of piperazine rings is 1. The Bertz CT molecular complexity index is 280. The predicted octanol–water partition coefficient (Wildman–Crippen LogP) is 1.06. The van der Waals surface area contributed by atoms with E-state index >= 15 is 0 Å². The van der Waals surface area contributed by atoms with Crippen LogP contribution in [0.5, 0.6) is 0 Å². The fourth-order valence-electron chi connectivity index (χ4n) is 2.97. The highest BCUT2D eigenvalue weighted by atomic mass is 16.5. The number of hydrogen-bond acceptors (Lipinski definition) is 4. The molecule has 2 fully saturated rings. The number of ketones is 1. The van der Waals surface area contributed by atoms with Gasteiger partial charge in [0.25, 0.3) is 0 Å². The predicted molar refractivity (Wildman–Crippen MR) is 71.7 cm³/mol. The van der Waals surface area contributed by atoms with Crippen LogP contribution in [-0.2, 0) is 9.53 Å². The number of carbonyl (C=O) groups excluding carboxylic acids is 1. The molecule has 2 aliphatic heterocycles. The number of Topliss-reactive ketones (excluding diaryl/α,β-unsaturated/α-hetero) is 1. The molecular weight excluding hydrogens is 228 g/mol. The van der Waals surface area contributed by atoms with E-state index in [-0.39, 0.29) is 11.5 Å². The van der Waals surface area contributed by atoms with E-state index in [2.05, 4.69) is 24.1 Å². The van der Waals surface area contributed by atoms with Gasteiger partial charge in [0, 0.05) is 57.3 Å². The van der Waals surface area contributed by atoms with E-state index in [9.17, 15) is 4.79 Å². The van der Waals surface area contributed by atoms with Crippen molar-refractivity contribution in [2.75, 3.05) is 39.4 Å². The molecule has 0 amide bonds. The van der Waals surface area contributed by atoms with Crippen LogP contribution < -0.4 is 5.32 Å². The van der Waals surface area contributed by atoms with Crippen molar-refractivity contribution in [3.8, 4) is 0 Å². The summed E-state index contributed by atoms with van der Waals surface area (Å²) in [7, 11) is 0. The Labute approximate surface area is 110 Å². The first kappa shape index (κ1) is 14.0. The number of ether oxygens (including phenoxy) is 1. The minimum absolute atomic E-state index is 0.00249. The van der Waals surface area contributed by atoms with Gasteiger partial charge in [0.2, 0.25) is 0 Å². The number of nitrogens with one attached hydrogen (secondary N) is 1. The van der Waals surface area contributed by atoms with Crippen molar-refractivity contribution in [3.63, 3.8) is 0 Å². The van der Waals surface area contributed by atoms with Crippen molar-refractivity contribution in [3.05, 3.63) is 0 Å². The summed E-state index contributed by atoms with van der Waals surface area (Å²) in [6, 6.07) is 0. The van der Waals surface area contributed by atoms with Crippen LogP contribution in [0.4, 0.5) is 0 Å². The van der Waals surface area contributed by atoms with Crippen molar-refractivity contribution < 1.29 is 9.53 Å². The molecule has 0 aromatic carbocycles. The molecule has 4 heteroatoms. The summed E-state index contributed by atoms with van der Waals surface area (Å²) in [5.74, 6) is 0.669. The van der Waals surface area contributed by atoms with Gasteiger partial charge in [-0.15, -0.1) is 0 Å². The molecule has 2 aliphatic rings. The van der Waals surface area contributed by atoms with Crippen LogP contribution in [0.25, 0.3) is 0 Å². The summed E-state index contributed by atoms with van der Waals surface area (Å²) in [5, 5.41) is 3.36. The van der Waals surface area contributed by atoms with E-state index in [1.165, 1.54) is 0 Å². The van der Waals surface area contributed by atoms with Gasteiger partial charge in [-0.25, -0.2) is 0 Å². The molecule has 2 saturated heterocycles. The van der Waals surface area contributed by atoms with Gasteiger partial charge in [0.05, 0.1) is 0 Å². The Kier molecular flexibility index (Phi) is 4.76.